The number of carbonyl (C=O) groups excluding carboxylic acids is 1. The number of hydrogen-bond acceptors (Lipinski definition) is 3. The van der Waals surface area contributed by atoms with Crippen LogP contribution in [-0.2, 0) is 16.0 Å². The zero-order chi connectivity index (χ0) is 12.1. The van der Waals surface area contributed by atoms with Crippen molar-refractivity contribution < 1.29 is 14.7 Å². The second-order valence-corrected chi connectivity index (χ2v) is 3.54. The lowest BCUT2D eigenvalue weighted by molar-refractivity contribution is -0.141. The molecule has 5 heteroatoms. The fraction of sp³-hybridized carbons (Fsp3) is 0.273. The Balaban J connectivity index is 2.75. The SMILES string of the molecule is CC(=O)N[C@H](Cc1cccc(N)c1)C(=O)O. The molecule has 16 heavy (non-hydrogen) atoms. The van der Waals surface area contributed by atoms with Gasteiger partial charge in [-0.25, -0.2) is 4.79 Å². The lowest BCUT2D eigenvalue weighted by Crippen LogP contribution is -2.41. The molecule has 1 amide bonds. The average molecular weight is 222 g/mol. The number of anilines is 1. The third-order valence-electron chi connectivity index (χ3n) is 2.07. The molecule has 0 fully saturated rings. The Kier molecular flexibility index (Phi) is 3.88. The van der Waals surface area contributed by atoms with E-state index < -0.39 is 12.0 Å². The van der Waals surface area contributed by atoms with Crippen LogP contribution >= 0.6 is 0 Å². The Morgan fingerprint density at radius 3 is 2.69 bits per heavy atom. The molecule has 0 aliphatic carbocycles. The largest absolute Gasteiger partial charge is 0.480 e. The number of carbonyl (C=O) groups is 2. The van der Waals surface area contributed by atoms with E-state index in [1.165, 1.54) is 6.92 Å². The van der Waals surface area contributed by atoms with Crippen LogP contribution in [0.5, 0.6) is 0 Å². The van der Waals surface area contributed by atoms with Crippen molar-refractivity contribution in [1.82, 2.24) is 5.32 Å². The van der Waals surface area contributed by atoms with E-state index in [4.69, 9.17) is 10.8 Å². The highest BCUT2D eigenvalue weighted by Crippen LogP contribution is 2.09. The van der Waals surface area contributed by atoms with Crippen molar-refractivity contribution in [3.05, 3.63) is 29.8 Å². The number of rotatable bonds is 4. The highest BCUT2D eigenvalue weighted by atomic mass is 16.4. The molecule has 4 N–H and O–H groups in total. The predicted octanol–water partition coefficient (Wildman–Crippen LogP) is 0.401. The van der Waals surface area contributed by atoms with Crippen molar-refractivity contribution in [2.45, 2.75) is 19.4 Å². The summed E-state index contributed by atoms with van der Waals surface area (Å²) in [4.78, 5) is 21.7. The van der Waals surface area contributed by atoms with Gasteiger partial charge in [-0.3, -0.25) is 4.79 Å². The van der Waals surface area contributed by atoms with Crippen molar-refractivity contribution in [3.63, 3.8) is 0 Å². The van der Waals surface area contributed by atoms with E-state index in [0.29, 0.717) is 5.69 Å². The summed E-state index contributed by atoms with van der Waals surface area (Å²) >= 11 is 0. The van der Waals surface area contributed by atoms with E-state index in [1.807, 2.05) is 0 Å². The van der Waals surface area contributed by atoms with Crippen LogP contribution < -0.4 is 11.1 Å². The summed E-state index contributed by atoms with van der Waals surface area (Å²) in [6.45, 7) is 1.29. The molecule has 1 aromatic rings. The number of hydrogen-bond donors (Lipinski definition) is 3. The van der Waals surface area contributed by atoms with Crippen LogP contribution in [0.25, 0.3) is 0 Å². The molecule has 0 aliphatic heterocycles. The van der Waals surface area contributed by atoms with Crippen LogP contribution in [0.15, 0.2) is 24.3 Å². The lowest BCUT2D eigenvalue weighted by atomic mass is 10.1. The zero-order valence-corrected chi connectivity index (χ0v) is 8.93. The van der Waals surface area contributed by atoms with Crippen molar-refractivity contribution >= 4 is 17.6 Å². The van der Waals surface area contributed by atoms with Gasteiger partial charge in [0.1, 0.15) is 6.04 Å². The van der Waals surface area contributed by atoms with Gasteiger partial charge in [0.2, 0.25) is 5.91 Å². The molecular weight excluding hydrogens is 208 g/mol. The first-order chi connectivity index (χ1) is 7.49. The average Bonchev–Trinajstić information content (AvgIpc) is 2.15. The molecule has 0 unspecified atom stereocenters. The molecule has 1 aromatic carbocycles. The second kappa shape index (κ2) is 5.16. The summed E-state index contributed by atoms with van der Waals surface area (Å²) in [6.07, 6.45) is 0.222. The zero-order valence-electron chi connectivity index (χ0n) is 8.93. The fourth-order valence-corrected chi connectivity index (χ4v) is 1.40. The number of nitrogens with two attached hydrogens (primary N) is 1. The Bertz CT molecular complexity index is 404. The molecule has 0 aliphatic rings. The van der Waals surface area contributed by atoms with Gasteiger partial charge >= 0.3 is 5.97 Å². The van der Waals surface area contributed by atoms with Gasteiger partial charge in [-0.15, -0.1) is 0 Å². The minimum Gasteiger partial charge on any atom is -0.480 e. The van der Waals surface area contributed by atoms with Crippen molar-refractivity contribution in [1.29, 1.82) is 0 Å². The summed E-state index contributed by atoms with van der Waals surface area (Å²) in [5, 5.41) is 11.3. The highest BCUT2D eigenvalue weighted by molar-refractivity contribution is 5.82. The van der Waals surface area contributed by atoms with Crippen LogP contribution in [0, 0.1) is 0 Å². The van der Waals surface area contributed by atoms with Gasteiger partial charge in [-0.1, -0.05) is 12.1 Å². The minimum absolute atomic E-state index is 0.222. The van der Waals surface area contributed by atoms with E-state index in [2.05, 4.69) is 5.32 Å². The van der Waals surface area contributed by atoms with Gasteiger partial charge in [0.05, 0.1) is 0 Å². The number of aliphatic carboxylic acids is 1. The summed E-state index contributed by atoms with van der Waals surface area (Å²) in [7, 11) is 0. The normalized spacial score (nSPS) is 11.8. The fourth-order valence-electron chi connectivity index (χ4n) is 1.40. The third-order valence-corrected chi connectivity index (χ3v) is 2.07. The summed E-state index contributed by atoms with van der Waals surface area (Å²) in [5.74, 6) is -1.42. The first-order valence-electron chi connectivity index (χ1n) is 4.83. The van der Waals surface area contributed by atoms with Crippen molar-refractivity contribution in [3.8, 4) is 0 Å². The summed E-state index contributed by atoms with van der Waals surface area (Å²) in [6, 6.07) is 6.01. The third kappa shape index (κ3) is 3.61. The number of carboxylic acids is 1. The van der Waals surface area contributed by atoms with Crippen molar-refractivity contribution in [2.24, 2.45) is 0 Å². The maximum Gasteiger partial charge on any atom is 0.326 e. The molecule has 86 valence electrons. The van der Waals surface area contributed by atoms with E-state index in [9.17, 15) is 9.59 Å². The molecular formula is C11H14N2O3. The maximum atomic E-state index is 10.9. The van der Waals surface area contributed by atoms with Crippen LogP contribution in [0.4, 0.5) is 5.69 Å². The topological polar surface area (TPSA) is 92.4 Å². The molecule has 0 heterocycles. The Hall–Kier alpha value is -2.04. The predicted molar refractivity (Wildman–Crippen MR) is 59.8 cm³/mol. The summed E-state index contributed by atoms with van der Waals surface area (Å²) < 4.78 is 0. The molecule has 0 spiro atoms. The van der Waals surface area contributed by atoms with Crippen LogP contribution in [0.3, 0.4) is 0 Å². The van der Waals surface area contributed by atoms with Gasteiger partial charge in [0.15, 0.2) is 0 Å². The number of nitrogen functional groups attached to an aromatic ring is 1. The Labute approximate surface area is 93.3 Å². The lowest BCUT2D eigenvalue weighted by Gasteiger charge is -2.13. The Morgan fingerprint density at radius 1 is 1.50 bits per heavy atom. The molecule has 0 bridgehead atoms. The van der Waals surface area contributed by atoms with E-state index >= 15 is 0 Å². The molecule has 1 rings (SSSR count). The number of benzene rings is 1. The molecule has 1 atom stereocenters. The van der Waals surface area contributed by atoms with Crippen LogP contribution in [0.2, 0.25) is 0 Å². The second-order valence-electron chi connectivity index (χ2n) is 3.54. The van der Waals surface area contributed by atoms with E-state index in [-0.39, 0.29) is 12.3 Å². The van der Waals surface area contributed by atoms with E-state index in [0.717, 1.165) is 5.56 Å². The molecule has 5 nitrogen and oxygen atoms in total. The number of nitrogens with one attached hydrogen (secondary N) is 1. The Morgan fingerprint density at radius 2 is 2.19 bits per heavy atom. The van der Waals surface area contributed by atoms with Crippen LogP contribution in [-0.4, -0.2) is 23.0 Å². The molecule has 0 saturated heterocycles. The minimum atomic E-state index is -1.06. The van der Waals surface area contributed by atoms with Gasteiger partial charge in [-0.05, 0) is 17.7 Å². The highest BCUT2D eigenvalue weighted by Gasteiger charge is 2.18. The van der Waals surface area contributed by atoms with Gasteiger partial charge in [-0.2, -0.15) is 0 Å². The number of amides is 1. The number of carboxylic acid groups (broad SMARTS) is 1. The van der Waals surface area contributed by atoms with Gasteiger partial charge < -0.3 is 16.2 Å². The van der Waals surface area contributed by atoms with Crippen molar-refractivity contribution in [2.75, 3.05) is 5.73 Å². The standard InChI is InChI=1S/C11H14N2O3/c1-7(14)13-10(11(15)16)6-8-3-2-4-9(12)5-8/h2-5,10H,6,12H2,1H3,(H,13,14)(H,15,16)/t10-/m1/s1. The molecule has 0 saturated carbocycles. The quantitative estimate of drug-likeness (QED) is 0.643. The monoisotopic (exact) mass is 222 g/mol. The molecule has 0 aromatic heterocycles. The molecule has 0 radical (unpaired) electrons. The first kappa shape index (κ1) is 12.0. The van der Waals surface area contributed by atoms with Gasteiger partial charge in [0, 0.05) is 19.0 Å². The van der Waals surface area contributed by atoms with E-state index in [1.54, 1.807) is 24.3 Å². The van der Waals surface area contributed by atoms with Gasteiger partial charge in [0.25, 0.3) is 0 Å². The summed E-state index contributed by atoms with van der Waals surface area (Å²) in [5.41, 5.74) is 6.93. The van der Waals surface area contributed by atoms with Crippen LogP contribution in [0.1, 0.15) is 12.5 Å². The smallest absolute Gasteiger partial charge is 0.326 e. The first-order valence-corrected chi connectivity index (χ1v) is 4.83. The maximum absolute atomic E-state index is 10.9.